The van der Waals surface area contributed by atoms with Gasteiger partial charge in [-0.3, -0.25) is 9.78 Å². The third-order valence-electron chi connectivity index (χ3n) is 3.40. The Morgan fingerprint density at radius 2 is 2.13 bits per heavy atom. The molecule has 2 aromatic heterocycles. The van der Waals surface area contributed by atoms with Gasteiger partial charge in [-0.2, -0.15) is 0 Å². The quantitative estimate of drug-likeness (QED) is 0.908. The van der Waals surface area contributed by atoms with Crippen LogP contribution in [0.4, 0.5) is 5.95 Å². The number of pyridine rings is 1. The fourth-order valence-corrected chi connectivity index (χ4v) is 2.37. The maximum absolute atomic E-state index is 12.3. The molecule has 1 N–H and O–H groups in total. The molecule has 0 saturated carbocycles. The molecule has 0 aliphatic carbocycles. The maximum atomic E-state index is 12.3. The van der Waals surface area contributed by atoms with Gasteiger partial charge in [0.15, 0.2) is 5.69 Å². The summed E-state index contributed by atoms with van der Waals surface area (Å²) in [6, 6.07) is 5.52. The first kappa shape index (κ1) is 15.6. The van der Waals surface area contributed by atoms with Crippen LogP contribution in [0, 0.1) is 0 Å². The molecule has 8 heteroatoms. The summed E-state index contributed by atoms with van der Waals surface area (Å²) in [5.41, 5.74) is 0.929. The van der Waals surface area contributed by atoms with Gasteiger partial charge >= 0.3 is 0 Å². The molecule has 120 valence electrons. The van der Waals surface area contributed by atoms with Crippen molar-refractivity contribution in [1.29, 1.82) is 0 Å². The molecule has 1 aliphatic heterocycles. The minimum atomic E-state index is -0.349. The number of hydrogen-bond donors (Lipinski definition) is 1. The summed E-state index contributed by atoms with van der Waals surface area (Å²) in [5.74, 6) is 0.137. The van der Waals surface area contributed by atoms with Crippen molar-refractivity contribution in [3.8, 4) is 0 Å². The Morgan fingerprint density at radius 1 is 1.30 bits per heavy atom. The summed E-state index contributed by atoms with van der Waals surface area (Å²) < 4.78 is 5.30. The molecule has 0 radical (unpaired) electrons. The van der Waals surface area contributed by atoms with Crippen LogP contribution in [-0.2, 0) is 11.3 Å². The van der Waals surface area contributed by atoms with Crippen LogP contribution in [0.15, 0.2) is 30.6 Å². The van der Waals surface area contributed by atoms with Crippen LogP contribution >= 0.6 is 11.6 Å². The molecular formula is C15H16ClN5O2. The largest absolute Gasteiger partial charge is 0.378 e. The Kier molecular flexibility index (Phi) is 4.99. The Balaban J connectivity index is 1.71. The Morgan fingerprint density at radius 3 is 2.87 bits per heavy atom. The van der Waals surface area contributed by atoms with Gasteiger partial charge in [0.05, 0.1) is 36.7 Å². The van der Waals surface area contributed by atoms with Crippen molar-refractivity contribution in [2.45, 2.75) is 6.54 Å². The monoisotopic (exact) mass is 333 g/mol. The van der Waals surface area contributed by atoms with Crippen molar-refractivity contribution < 1.29 is 9.53 Å². The lowest BCUT2D eigenvalue weighted by Gasteiger charge is -2.26. The number of nitrogens with one attached hydrogen (secondary N) is 1. The smallest absolute Gasteiger partial charge is 0.271 e. The summed E-state index contributed by atoms with van der Waals surface area (Å²) in [5, 5.41) is 2.99. The highest BCUT2D eigenvalue weighted by Crippen LogP contribution is 2.17. The van der Waals surface area contributed by atoms with Crippen LogP contribution < -0.4 is 10.2 Å². The number of carbonyl (C=O) groups excluding carboxylic acids is 1. The Hall–Kier alpha value is -2.25. The van der Waals surface area contributed by atoms with E-state index in [2.05, 4.69) is 20.3 Å². The van der Waals surface area contributed by atoms with Gasteiger partial charge in [-0.15, -0.1) is 0 Å². The van der Waals surface area contributed by atoms with Gasteiger partial charge in [-0.05, 0) is 12.1 Å². The fraction of sp³-hybridized carbons (Fsp3) is 0.333. The van der Waals surface area contributed by atoms with Crippen LogP contribution in [0.25, 0.3) is 0 Å². The van der Waals surface area contributed by atoms with E-state index in [4.69, 9.17) is 16.3 Å². The zero-order chi connectivity index (χ0) is 16.1. The zero-order valence-corrected chi connectivity index (χ0v) is 13.2. The lowest BCUT2D eigenvalue weighted by atomic mass is 10.3. The molecule has 3 rings (SSSR count). The third-order valence-corrected chi connectivity index (χ3v) is 3.67. The van der Waals surface area contributed by atoms with Crippen molar-refractivity contribution in [1.82, 2.24) is 20.3 Å². The standard InChI is InChI=1S/C15H16ClN5O2/c16-12-10-19-15(21-5-7-23-8-6-21)20-13(12)14(22)18-9-11-3-1-2-4-17-11/h1-4,10H,5-9H2,(H,18,22). The molecule has 0 aromatic carbocycles. The number of carbonyl (C=O) groups is 1. The van der Waals surface area contributed by atoms with Gasteiger partial charge in [0.25, 0.3) is 5.91 Å². The van der Waals surface area contributed by atoms with Crippen LogP contribution in [0.1, 0.15) is 16.2 Å². The second-order valence-corrected chi connectivity index (χ2v) is 5.38. The van der Waals surface area contributed by atoms with E-state index in [0.29, 0.717) is 38.8 Å². The molecule has 1 fully saturated rings. The van der Waals surface area contributed by atoms with Crippen molar-refractivity contribution in [3.63, 3.8) is 0 Å². The van der Waals surface area contributed by atoms with Crippen LogP contribution in [0.5, 0.6) is 0 Å². The molecule has 1 amide bonds. The van der Waals surface area contributed by atoms with Gasteiger partial charge in [-0.1, -0.05) is 17.7 Å². The van der Waals surface area contributed by atoms with Gasteiger partial charge in [0.2, 0.25) is 5.95 Å². The zero-order valence-electron chi connectivity index (χ0n) is 12.4. The maximum Gasteiger partial charge on any atom is 0.271 e. The van der Waals surface area contributed by atoms with E-state index in [9.17, 15) is 4.79 Å². The molecular weight excluding hydrogens is 318 g/mol. The number of nitrogens with zero attached hydrogens (tertiary/aromatic N) is 4. The topological polar surface area (TPSA) is 80.2 Å². The Labute approximate surface area is 138 Å². The highest BCUT2D eigenvalue weighted by Gasteiger charge is 2.19. The molecule has 1 aliphatic rings. The number of ether oxygens (including phenoxy) is 1. The van der Waals surface area contributed by atoms with Crippen LogP contribution in [0.2, 0.25) is 5.02 Å². The van der Waals surface area contributed by atoms with Crippen molar-refractivity contribution in [3.05, 3.63) is 47.0 Å². The summed E-state index contributed by atoms with van der Waals surface area (Å²) in [6.07, 6.45) is 3.13. The minimum absolute atomic E-state index is 0.166. The molecule has 2 aromatic rings. The molecule has 3 heterocycles. The van der Waals surface area contributed by atoms with Crippen molar-refractivity contribution in [2.24, 2.45) is 0 Å². The number of amides is 1. The fourth-order valence-electron chi connectivity index (χ4n) is 2.19. The van der Waals surface area contributed by atoms with E-state index in [1.807, 2.05) is 23.1 Å². The first-order valence-corrected chi connectivity index (χ1v) is 7.65. The number of rotatable bonds is 4. The van der Waals surface area contributed by atoms with E-state index in [1.165, 1.54) is 6.20 Å². The highest BCUT2D eigenvalue weighted by molar-refractivity contribution is 6.33. The minimum Gasteiger partial charge on any atom is -0.378 e. The second-order valence-electron chi connectivity index (χ2n) is 4.97. The third kappa shape index (κ3) is 3.94. The van der Waals surface area contributed by atoms with Gasteiger partial charge < -0.3 is 15.0 Å². The van der Waals surface area contributed by atoms with Crippen molar-refractivity contribution >= 4 is 23.5 Å². The second kappa shape index (κ2) is 7.34. The van der Waals surface area contributed by atoms with Crippen LogP contribution in [0.3, 0.4) is 0 Å². The number of halogens is 1. The number of hydrogen-bond acceptors (Lipinski definition) is 6. The lowest BCUT2D eigenvalue weighted by Crippen LogP contribution is -2.37. The average molecular weight is 334 g/mol. The molecule has 0 atom stereocenters. The van der Waals surface area contributed by atoms with E-state index in [1.54, 1.807) is 6.20 Å². The van der Waals surface area contributed by atoms with Gasteiger partial charge in [0, 0.05) is 19.3 Å². The molecule has 23 heavy (non-hydrogen) atoms. The molecule has 1 saturated heterocycles. The predicted molar refractivity (Wildman–Crippen MR) is 85.5 cm³/mol. The SMILES string of the molecule is O=C(NCc1ccccn1)c1nc(N2CCOCC2)ncc1Cl. The molecule has 0 spiro atoms. The number of morpholine rings is 1. The average Bonchev–Trinajstić information content (AvgIpc) is 2.62. The summed E-state index contributed by atoms with van der Waals surface area (Å²) >= 11 is 6.07. The normalized spacial score (nSPS) is 14.6. The Bertz CT molecular complexity index is 677. The van der Waals surface area contributed by atoms with E-state index >= 15 is 0 Å². The van der Waals surface area contributed by atoms with Crippen LogP contribution in [-0.4, -0.2) is 47.2 Å². The van der Waals surface area contributed by atoms with Gasteiger partial charge in [-0.25, -0.2) is 9.97 Å². The number of aromatic nitrogens is 3. The summed E-state index contributed by atoms with van der Waals surface area (Å²) in [7, 11) is 0. The predicted octanol–water partition coefficient (Wildman–Crippen LogP) is 1.29. The number of anilines is 1. The van der Waals surface area contributed by atoms with Gasteiger partial charge in [0.1, 0.15) is 0 Å². The highest BCUT2D eigenvalue weighted by atomic mass is 35.5. The van der Waals surface area contributed by atoms with E-state index in [-0.39, 0.29) is 16.6 Å². The summed E-state index contributed by atoms with van der Waals surface area (Å²) in [4.78, 5) is 26.9. The molecule has 7 nitrogen and oxygen atoms in total. The molecule has 0 bridgehead atoms. The lowest BCUT2D eigenvalue weighted by molar-refractivity contribution is 0.0945. The summed E-state index contributed by atoms with van der Waals surface area (Å²) in [6.45, 7) is 2.93. The van der Waals surface area contributed by atoms with Crippen molar-refractivity contribution in [2.75, 3.05) is 31.2 Å². The molecule has 0 unspecified atom stereocenters. The van der Waals surface area contributed by atoms with E-state index in [0.717, 1.165) is 5.69 Å². The first-order valence-electron chi connectivity index (χ1n) is 7.27. The van der Waals surface area contributed by atoms with E-state index < -0.39 is 0 Å². The first-order chi connectivity index (χ1) is 11.2.